The first-order valence-electron chi connectivity index (χ1n) is 5.77. The summed E-state index contributed by atoms with van der Waals surface area (Å²) >= 11 is 5.97. The van der Waals surface area contributed by atoms with Crippen molar-refractivity contribution in [3.8, 4) is 0 Å². The number of ether oxygens (including phenoxy) is 2. The van der Waals surface area contributed by atoms with E-state index >= 15 is 0 Å². The number of imidazole rings is 1. The van der Waals surface area contributed by atoms with Crippen LogP contribution in [0, 0.1) is 0 Å². The van der Waals surface area contributed by atoms with Crippen molar-refractivity contribution in [2.45, 2.75) is 25.2 Å². The van der Waals surface area contributed by atoms with Gasteiger partial charge in [0.2, 0.25) is 0 Å². The van der Waals surface area contributed by atoms with E-state index in [1.165, 1.54) is 6.33 Å². The van der Waals surface area contributed by atoms with Crippen LogP contribution in [0.1, 0.15) is 19.1 Å². The second kappa shape index (κ2) is 4.79. The highest BCUT2D eigenvalue weighted by Crippen LogP contribution is 2.31. The largest absolute Gasteiger partial charge is 0.382 e. The van der Waals surface area contributed by atoms with E-state index in [1.807, 2.05) is 4.57 Å². The van der Waals surface area contributed by atoms with Gasteiger partial charge >= 0.3 is 0 Å². The molecule has 0 bridgehead atoms. The van der Waals surface area contributed by atoms with Crippen molar-refractivity contribution in [3.05, 3.63) is 17.8 Å². The molecule has 1 saturated heterocycles. The van der Waals surface area contributed by atoms with Gasteiger partial charge in [-0.3, -0.25) is 4.57 Å². The number of hydrogen-bond donors (Lipinski definition) is 0. The quantitative estimate of drug-likeness (QED) is 0.795. The van der Waals surface area contributed by atoms with Crippen molar-refractivity contribution in [3.63, 3.8) is 0 Å². The van der Waals surface area contributed by atoms with Crippen LogP contribution in [0.5, 0.6) is 0 Å². The van der Waals surface area contributed by atoms with Gasteiger partial charge in [0, 0.05) is 7.11 Å². The van der Waals surface area contributed by atoms with E-state index in [-0.39, 0.29) is 12.3 Å². The molecule has 3 heterocycles. The van der Waals surface area contributed by atoms with Crippen molar-refractivity contribution >= 4 is 22.8 Å². The highest BCUT2D eigenvalue weighted by molar-refractivity contribution is 6.33. The van der Waals surface area contributed by atoms with Crippen LogP contribution < -0.4 is 0 Å². The highest BCUT2D eigenvalue weighted by atomic mass is 35.5. The number of rotatable bonds is 3. The first kappa shape index (κ1) is 11.8. The van der Waals surface area contributed by atoms with Crippen LogP contribution in [0.2, 0.25) is 5.15 Å². The second-order valence-electron chi connectivity index (χ2n) is 4.23. The van der Waals surface area contributed by atoms with Crippen LogP contribution in [-0.2, 0) is 9.47 Å². The average molecular weight is 269 g/mol. The molecule has 0 radical (unpaired) electrons. The molecule has 18 heavy (non-hydrogen) atoms. The molecule has 1 aliphatic rings. The van der Waals surface area contributed by atoms with Crippen molar-refractivity contribution in [1.82, 2.24) is 19.5 Å². The van der Waals surface area contributed by atoms with Gasteiger partial charge in [-0.25, -0.2) is 15.0 Å². The Kier molecular flexibility index (Phi) is 3.15. The summed E-state index contributed by atoms with van der Waals surface area (Å²) < 4.78 is 12.9. The molecule has 0 saturated carbocycles. The molecule has 0 unspecified atom stereocenters. The van der Waals surface area contributed by atoms with Crippen LogP contribution in [-0.4, -0.2) is 39.3 Å². The monoisotopic (exact) mass is 268 g/mol. The summed E-state index contributed by atoms with van der Waals surface area (Å²) in [6.45, 7) is 0.610. The molecule has 1 fully saturated rings. The van der Waals surface area contributed by atoms with E-state index in [0.29, 0.717) is 22.9 Å². The summed E-state index contributed by atoms with van der Waals surface area (Å²) in [5, 5.41) is 0.366. The second-order valence-corrected chi connectivity index (χ2v) is 4.59. The minimum atomic E-state index is -0.0545. The lowest BCUT2D eigenvalue weighted by Gasteiger charge is -2.14. The molecule has 7 heteroatoms. The van der Waals surface area contributed by atoms with E-state index in [2.05, 4.69) is 15.0 Å². The Morgan fingerprint density at radius 1 is 1.44 bits per heavy atom. The molecular weight excluding hydrogens is 256 g/mol. The fraction of sp³-hybridized carbons (Fsp3) is 0.545. The maximum absolute atomic E-state index is 5.97. The van der Waals surface area contributed by atoms with Gasteiger partial charge in [-0.2, -0.15) is 0 Å². The van der Waals surface area contributed by atoms with Crippen LogP contribution >= 0.6 is 11.6 Å². The molecule has 0 spiro atoms. The number of aromatic nitrogens is 4. The van der Waals surface area contributed by atoms with Crippen LogP contribution in [0.15, 0.2) is 12.7 Å². The number of nitrogens with zero attached hydrogens (tertiary/aromatic N) is 4. The lowest BCUT2D eigenvalue weighted by Crippen LogP contribution is -2.15. The highest BCUT2D eigenvalue weighted by Gasteiger charge is 2.28. The summed E-state index contributed by atoms with van der Waals surface area (Å²) in [5.74, 6) is 0. The fourth-order valence-electron chi connectivity index (χ4n) is 2.23. The zero-order valence-electron chi connectivity index (χ0n) is 9.91. The van der Waals surface area contributed by atoms with E-state index in [4.69, 9.17) is 21.1 Å². The van der Waals surface area contributed by atoms with Gasteiger partial charge in [0.15, 0.2) is 10.8 Å². The molecule has 0 amide bonds. The van der Waals surface area contributed by atoms with Gasteiger partial charge in [-0.05, 0) is 12.8 Å². The molecule has 0 aliphatic carbocycles. The Balaban J connectivity index is 1.89. The van der Waals surface area contributed by atoms with Crippen molar-refractivity contribution in [2.75, 3.05) is 13.7 Å². The smallest absolute Gasteiger partial charge is 0.166 e. The number of hydrogen-bond acceptors (Lipinski definition) is 5. The van der Waals surface area contributed by atoms with E-state index < -0.39 is 0 Å². The lowest BCUT2D eigenvalue weighted by molar-refractivity contribution is -0.0300. The Morgan fingerprint density at radius 3 is 3.17 bits per heavy atom. The van der Waals surface area contributed by atoms with E-state index in [1.54, 1.807) is 13.4 Å². The van der Waals surface area contributed by atoms with Gasteiger partial charge in [-0.15, -0.1) is 0 Å². The first-order chi connectivity index (χ1) is 8.79. The topological polar surface area (TPSA) is 62.1 Å². The summed E-state index contributed by atoms with van der Waals surface area (Å²) in [7, 11) is 1.68. The van der Waals surface area contributed by atoms with Gasteiger partial charge in [-0.1, -0.05) is 11.6 Å². The van der Waals surface area contributed by atoms with Crippen molar-refractivity contribution in [1.29, 1.82) is 0 Å². The zero-order valence-corrected chi connectivity index (χ0v) is 10.7. The maximum Gasteiger partial charge on any atom is 0.166 e. The van der Waals surface area contributed by atoms with E-state index in [0.717, 1.165) is 12.8 Å². The molecule has 3 rings (SSSR count). The maximum atomic E-state index is 5.97. The van der Waals surface area contributed by atoms with Gasteiger partial charge in [0.25, 0.3) is 0 Å². The number of methoxy groups -OCH3 is 1. The Morgan fingerprint density at radius 2 is 2.33 bits per heavy atom. The standard InChI is InChI=1S/C11H13ClN4O2/c1-17-4-7-2-3-8(18-7)16-6-15-9-10(12)13-5-14-11(9)16/h5-8H,2-4H2,1H3/t7-,8-/m1/s1. The van der Waals surface area contributed by atoms with Crippen LogP contribution in [0.4, 0.5) is 0 Å². The molecule has 1 aliphatic heterocycles. The molecule has 0 aromatic carbocycles. The Hall–Kier alpha value is -1.24. The summed E-state index contributed by atoms with van der Waals surface area (Å²) in [6.07, 6.45) is 5.10. The summed E-state index contributed by atoms with van der Waals surface area (Å²) in [6, 6.07) is 0. The third-order valence-corrected chi connectivity index (χ3v) is 3.34. The third kappa shape index (κ3) is 1.96. The third-order valence-electron chi connectivity index (χ3n) is 3.06. The predicted molar refractivity (Wildman–Crippen MR) is 65.4 cm³/mol. The lowest BCUT2D eigenvalue weighted by atomic mass is 10.2. The van der Waals surface area contributed by atoms with Crippen molar-refractivity contribution in [2.24, 2.45) is 0 Å². The molecule has 0 N–H and O–H groups in total. The minimum absolute atomic E-state index is 0.0545. The van der Waals surface area contributed by atoms with E-state index in [9.17, 15) is 0 Å². The molecule has 6 nitrogen and oxygen atoms in total. The van der Waals surface area contributed by atoms with Crippen LogP contribution in [0.25, 0.3) is 11.2 Å². The fourth-order valence-corrected chi connectivity index (χ4v) is 2.41. The number of halogens is 1. The predicted octanol–water partition coefficient (Wildman–Crippen LogP) is 1.80. The minimum Gasteiger partial charge on any atom is -0.382 e. The Bertz CT molecular complexity index is 559. The molecule has 2 atom stereocenters. The first-order valence-corrected chi connectivity index (χ1v) is 6.15. The van der Waals surface area contributed by atoms with Gasteiger partial charge in [0.1, 0.15) is 18.1 Å². The summed E-state index contributed by atoms with van der Waals surface area (Å²) in [5.41, 5.74) is 1.32. The zero-order chi connectivity index (χ0) is 12.5. The molecule has 2 aromatic heterocycles. The molecular formula is C11H13ClN4O2. The summed E-state index contributed by atoms with van der Waals surface area (Å²) in [4.78, 5) is 12.3. The molecule has 2 aromatic rings. The molecule has 96 valence electrons. The van der Waals surface area contributed by atoms with Gasteiger partial charge < -0.3 is 9.47 Å². The van der Waals surface area contributed by atoms with Gasteiger partial charge in [0.05, 0.1) is 19.0 Å². The SMILES string of the molecule is COC[C@H]1CC[C@H](n2cnc3c(Cl)ncnc32)O1. The van der Waals surface area contributed by atoms with Crippen LogP contribution in [0.3, 0.4) is 0 Å². The van der Waals surface area contributed by atoms with Crippen molar-refractivity contribution < 1.29 is 9.47 Å². The normalized spacial score (nSPS) is 23.9. The average Bonchev–Trinajstić information content (AvgIpc) is 2.96. The number of fused-ring (bicyclic) bond motifs is 1. The Labute approximate surface area is 109 Å².